The Morgan fingerprint density at radius 2 is 1.67 bits per heavy atom. The lowest BCUT2D eigenvalue weighted by molar-refractivity contribution is 0.482. The van der Waals surface area contributed by atoms with E-state index < -0.39 is 0 Å². The van der Waals surface area contributed by atoms with E-state index in [-0.39, 0.29) is 0 Å². The summed E-state index contributed by atoms with van der Waals surface area (Å²) in [6.45, 7) is 3.81. The van der Waals surface area contributed by atoms with E-state index >= 15 is 0 Å². The van der Waals surface area contributed by atoms with Crippen LogP contribution in [0.5, 0.6) is 11.5 Å². The van der Waals surface area contributed by atoms with Crippen LogP contribution >= 0.6 is 11.6 Å². The van der Waals surface area contributed by atoms with Crippen molar-refractivity contribution in [2.45, 2.75) is 0 Å². The molecule has 0 bridgehead atoms. The molecular formula is C13H10ClO. The highest BCUT2D eigenvalue weighted by Crippen LogP contribution is 2.25. The van der Waals surface area contributed by atoms with Crippen LogP contribution in [0.3, 0.4) is 0 Å². The molecule has 0 unspecified atom stereocenters. The van der Waals surface area contributed by atoms with Gasteiger partial charge in [-0.1, -0.05) is 29.8 Å². The molecule has 1 nitrogen and oxygen atoms in total. The third-order valence-electron chi connectivity index (χ3n) is 2.00. The van der Waals surface area contributed by atoms with Gasteiger partial charge in [0.25, 0.3) is 0 Å². The molecule has 0 aliphatic carbocycles. The number of hydrogen-bond donors (Lipinski definition) is 0. The van der Waals surface area contributed by atoms with Gasteiger partial charge in [-0.25, -0.2) is 0 Å². The maximum absolute atomic E-state index is 5.87. The lowest BCUT2D eigenvalue weighted by Gasteiger charge is -2.06. The number of para-hydroxylation sites is 1. The van der Waals surface area contributed by atoms with Crippen LogP contribution < -0.4 is 4.74 Å². The van der Waals surface area contributed by atoms with Gasteiger partial charge in [-0.2, -0.15) is 0 Å². The molecule has 2 rings (SSSR count). The molecule has 0 aliphatic rings. The van der Waals surface area contributed by atoms with Gasteiger partial charge in [0.2, 0.25) is 0 Å². The number of benzene rings is 2. The molecule has 15 heavy (non-hydrogen) atoms. The van der Waals surface area contributed by atoms with Crippen LogP contribution in [0.2, 0.25) is 5.02 Å². The molecular weight excluding hydrogens is 208 g/mol. The molecule has 0 atom stereocenters. The lowest BCUT2D eigenvalue weighted by Crippen LogP contribution is -1.84. The van der Waals surface area contributed by atoms with E-state index in [9.17, 15) is 0 Å². The Labute approximate surface area is 94.3 Å². The lowest BCUT2D eigenvalue weighted by atomic mass is 10.2. The largest absolute Gasteiger partial charge is 0.457 e. The van der Waals surface area contributed by atoms with Gasteiger partial charge < -0.3 is 4.74 Å². The first-order valence-electron chi connectivity index (χ1n) is 4.60. The molecule has 2 aromatic carbocycles. The van der Waals surface area contributed by atoms with Crippen molar-refractivity contribution < 1.29 is 4.74 Å². The van der Waals surface area contributed by atoms with E-state index in [4.69, 9.17) is 16.3 Å². The van der Waals surface area contributed by atoms with Crippen molar-refractivity contribution in [2.24, 2.45) is 0 Å². The number of halogens is 1. The van der Waals surface area contributed by atoms with E-state index in [0.717, 1.165) is 17.1 Å². The Hall–Kier alpha value is -1.47. The Bertz CT molecular complexity index is 451. The summed E-state index contributed by atoms with van der Waals surface area (Å²) in [7, 11) is 0. The van der Waals surface area contributed by atoms with Crippen molar-refractivity contribution in [3.8, 4) is 11.5 Å². The maximum atomic E-state index is 5.87. The summed E-state index contributed by atoms with van der Waals surface area (Å²) in [5.41, 5.74) is 0.769. The molecule has 1 radical (unpaired) electrons. The zero-order chi connectivity index (χ0) is 10.7. The molecule has 0 fully saturated rings. The number of rotatable bonds is 2. The van der Waals surface area contributed by atoms with Gasteiger partial charge in [0.15, 0.2) is 0 Å². The van der Waals surface area contributed by atoms with Crippen LogP contribution in [0.1, 0.15) is 5.56 Å². The Kier molecular flexibility index (Phi) is 2.93. The Morgan fingerprint density at radius 3 is 2.33 bits per heavy atom. The van der Waals surface area contributed by atoms with Crippen molar-refractivity contribution >= 4 is 11.6 Å². The standard InChI is InChI=1S/C13H10ClO/c1-10-9-12(7-8-13(10)14)15-11-5-3-2-4-6-11/h2-9H,1H2. The summed E-state index contributed by atoms with van der Waals surface area (Å²) in [4.78, 5) is 0. The molecule has 2 aromatic rings. The van der Waals surface area contributed by atoms with Crippen molar-refractivity contribution in [2.75, 3.05) is 0 Å². The summed E-state index contributed by atoms with van der Waals surface area (Å²) in [6.07, 6.45) is 0. The predicted octanol–water partition coefficient (Wildman–Crippen LogP) is 4.31. The van der Waals surface area contributed by atoms with Crippen molar-refractivity contribution in [3.05, 3.63) is 66.0 Å². The van der Waals surface area contributed by atoms with Crippen LogP contribution in [0.15, 0.2) is 48.5 Å². The zero-order valence-corrected chi connectivity index (χ0v) is 8.87. The predicted molar refractivity (Wildman–Crippen MR) is 62.4 cm³/mol. The second-order valence-corrected chi connectivity index (χ2v) is 3.58. The summed E-state index contributed by atoms with van der Waals surface area (Å²) < 4.78 is 5.62. The second-order valence-electron chi connectivity index (χ2n) is 3.17. The molecule has 0 heterocycles. The molecule has 0 saturated carbocycles. The fourth-order valence-corrected chi connectivity index (χ4v) is 1.36. The maximum Gasteiger partial charge on any atom is 0.127 e. The van der Waals surface area contributed by atoms with Crippen molar-refractivity contribution in [3.63, 3.8) is 0 Å². The van der Waals surface area contributed by atoms with Gasteiger partial charge in [-0.05, 0) is 42.8 Å². The number of ether oxygens (including phenoxy) is 1. The summed E-state index contributed by atoms with van der Waals surface area (Å²) in [5.74, 6) is 1.55. The van der Waals surface area contributed by atoms with Gasteiger partial charge >= 0.3 is 0 Å². The monoisotopic (exact) mass is 217 g/mol. The molecule has 0 N–H and O–H groups in total. The minimum Gasteiger partial charge on any atom is -0.457 e. The summed E-state index contributed by atoms with van der Waals surface area (Å²) >= 11 is 5.87. The molecule has 75 valence electrons. The van der Waals surface area contributed by atoms with E-state index in [1.807, 2.05) is 42.5 Å². The highest BCUT2D eigenvalue weighted by molar-refractivity contribution is 6.31. The molecule has 2 heteroatoms. The van der Waals surface area contributed by atoms with E-state index in [2.05, 4.69) is 6.92 Å². The molecule has 0 saturated heterocycles. The number of hydrogen-bond acceptors (Lipinski definition) is 1. The minimum absolute atomic E-state index is 0.649. The van der Waals surface area contributed by atoms with Crippen LogP contribution in [0, 0.1) is 6.92 Å². The first-order valence-corrected chi connectivity index (χ1v) is 4.98. The van der Waals surface area contributed by atoms with Gasteiger partial charge in [-0.15, -0.1) is 0 Å². The zero-order valence-electron chi connectivity index (χ0n) is 8.11. The average molecular weight is 218 g/mol. The van der Waals surface area contributed by atoms with Crippen LogP contribution in [0.4, 0.5) is 0 Å². The van der Waals surface area contributed by atoms with E-state index in [1.165, 1.54) is 0 Å². The van der Waals surface area contributed by atoms with E-state index in [0.29, 0.717) is 5.02 Å². The fraction of sp³-hybridized carbons (Fsp3) is 0. The van der Waals surface area contributed by atoms with Gasteiger partial charge in [0.1, 0.15) is 11.5 Å². The summed E-state index contributed by atoms with van der Waals surface area (Å²) in [5, 5.41) is 0.649. The first-order chi connectivity index (χ1) is 7.25. The Balaban J connectivity index is 2.22. The minimum atomic E-state index is 0.649. The third-order valence-corrected chi connectivity index (χ3v) is 2.36. The van der Waals surface area contributed by atoms with Gasteiger partial charge in [0, 0.05) is 5.02 Å². The molecule has 0 aliphatic heterocycles. The van der Waals surface area contributed by atoms with Crippen molar-refractivity contribution in [1.29, 1.82) is 0 Å². The quantitative estimate of drug-likeness (QED) is 0.728. The second kappa shape index (κ2) is 4.37. The van der Waals surface area contributed by atoms with E-state index in [1.54, 1.807) is 6.07 Å². The Morgan fingerprint density at radius 1 is 0.933 bits per heavy atom. The van der Waals surface area contributed by atoms with Gasteiger partial charge in [0.05, 0.1) is 0 Å². The topological polar surface area (TPSA) is 9.23 Å². The summed E-state index contributed by atoms with van der Waals surface area (Å²) in [6, 6.07) is 15.0. The van der Waals surface area contributed by atoms with Gasteiger partial charge in [-0.3, -0.25) is 0 Å². The molecule has 0 aromatic heterocycles. The highest BCUT2D eigenvalue weighted by atomic mass is 35.5. The van der Waals surface area contributed by atoms with Crippen LogP contribution in [-0.2, 0) is 0 Å². The van der Waals surface area contributed by atoms with Crippen LogP contribution in [-0.4, -0.2) is 0 Å². The van der Waals surface area contributed by atoms with Crippen LogP contribution in [0.25, 0.3) is 0 Å². The average Bonchev–Trinajstić information content (AvgIpc) is 2.25. The molecule has 0 spiro atoms. The fourth-order valence-electron chi connectivity index (χ4n) is 1.24. The molecule has 0 amide bonds. The smallest absolute Gasteiger partial charge is 0.127 e. The van der Waals surface area contributed by atoms with Crippen molar-refractivity contribution in [1.82, 2.24) is 0 Å². The highest BCUT2D eigenvalue weighted by Gasteiger charge is 1.99. The third kappa shape index (κ3) is 2.51. The SMILES string of the molecule is [CH2]c1cc(Oc2ccccc2)ccc1Cl. The first kappa shape index (κ1) is 10.1. The normalized spacial score (nSPS) is 10.0.